The van der Waals surface area contributed by atoms with Crippen molar-refractivity contribution in [2.24, 2.45) is 5.73 Å². The van der Waals surface area contributed by atoms with Crippen LogP contribution in [0.5, 0.6) is 5.75 Å². The first-order chi connectivity index (χ1) is 8.93. The Morgan fingerprint density at radius 1 is 1.47 bits per heavy atom. The third-order valence-electron chi connectivity index (χ3n) is 2.55. The number of anilines is 1. The molecule has 0 heterocycles. The van der Waals surface area contributed by atoms with Gasteiger partial charge in [0.05, 0.1) is 18.9 Å². The average Bonchev–Trinajstić information content (AvgIpc) is 2.36. The Morgan fingerprint density at radius 2 is 2.16 bits per heavy atom. The van der Waals surface area contributed by atoms with Gasteiger partial charge in [0.1, 0.15) is 5.75 Å². The number of amides is 2. The fourth-order valence-corrected chi connectivity index (χ4v) is 1.51. The SMILES string of the molecule is COc1ccc(C(N)=O)cc1NC(=O)CCC(C)O. The minimum Gasteiger partial charge on any atom is -0.495 e. The highest BCUT2D eigenvalue weighted by atomic mass is 16.5. The minimum atomic E-state index is -0.581. The molecule has 1 rings (SSSR count). The van der Waals surface area contributed by atoms with Crippen molar-refractivity contribution < 1.29 is 19.4 Å². The van der Waals surface area contributed by atoms with Gasteiger partial charge in [0, 0.05) is 12.0 Å². The fraction of sp³-hybridized carbons (Fsp3) is 0.385. The van der Waals surface area contributed by atoms with Gasteiger partial charge in [0.15, 0.2) is 0 Å². The van der Waals surface area contributed by atoms with E-state index < -0.39 is 12.0 Å². The van der Waals surface area contributed by atoms with E-state index >= 15 is 0 Å². The predicted molar refractivity (Wildman–Crippen MR) is 71.1 cm³/mol. The van der Waals surface area contributed by atoms with Crippen molar-refractivity contribution in [2.45, 2.75) is 25.9 Å². The van der Waals surface area contributed by atoms with E-state index in [1.807, 2.05) is 0 Å². The van der Waals surface area contributed by atoms with Crippen molar-refractivity contribution >= 4 is 17.5 Å². The van der Waals surface area contributed by atoms with Crippen LogP contribution in [0.15, 0.2) is 18.2 Å². The molecule has 0 saturated carbocycles. The molecule has 0 aromatic heterocycles. The largest absolute Gasteiger partial charge is 0.495 e. The summed E-state index contributed by atoms with van der Waals surface area (Å²) >= 11 is 0. The molecule has 0 saturated heterocycles. The number of aliphatic hydroxyl groups excluding tert-OH is 1. The number of hydrogen-bond acceptors (Lipinski definition) is 4. The van der Waals surface area contributed by atoms with E-state index in [0.29, 0.717) is 17.9 Å². The highest BCUT2D eigenvalue weighted by Gasteiger charge is 2.11. The van der Waals surface area contributed by atoms with Crippen LogP contribution in [0.3, 0.4) is 0 Å². The Morgan fingerprint density at radius 3 is 2.68 bits per heavy atom. The van der Waals surface area contributed by atoms with Crippen LogP contribution < -0.4 is 15.8 Å². The molecule has 1 atom stereocenters. The standard InChI is InChI=1S/C13H18N2O4/c1-8(16)3-6-12(17)15-10-7-9(13(14)18)4-5-11(10)19-2/h4-5,7-8,16H,3,6H2,1-2H3,(H2,14,18)(H,15,17). The van der Waals surface area contributed by atoms with E-state index in [-0.39, 0.29) is 17.9 Å². The molecule has 19 heavy (non-hydrogen) atoms. The summed E-state index contributed by atoms with van der Waals surface area (Å²) < 4.78 is 5.09. The summed E-state index contributed by atoms with van der Waals surface area (Å²) in [5.74, 6) is -0.404. The lowest BCUT2D eigenvalue weighted by molar-refractivity contribution is -0.116. The second-order valence-electron chi connectivity index (χ2n) is 4.22. The number of primary amides is 1. The van der Waals surface area contributed by atoms with Crippen molar-refractivity contribution in [2.75, 3.05) is 12.4 Å². The second kappa shape index (κ2) is 6.75. The van der Waals surface area contributed by atoms with Crippen LogP contribution in [0.25, 0.3) is 0 Å². The summed E-state index contributed by atoms with van der Waals surface area (Å²) in [5, 5.41) is 11.7. The number of rotatable bonds is 6. The van der Waals surface area contributed by atoms with Gasteiger partial charge in [0.2, 0.25) is 11.8 Å². The maximum absolute atomic E-state index is 11.7. The molecule has 0 aliphatic rings. The molecule has 6 nitrogen and oxygen atoms in total. The molecule has 2 amide bonds. The topological polar surface area (TPSA) is 102 Å². The van der Waals surface area contributed by atoms with Crippen LogP contribution in [0, 0.1) is 0 Å². The number of carbonyl (C=O) groups is 2. The first-order valence-corrected chi connectivity index (χ1v) is 5.89. The quantitative estimate of drug-likeness (QED) is 0.711. The van der Waals surface area contributed by atoms with E-state index in [4.69, 9.17) is 15.6 Å². The number of methoxy groups -OCH3 is 1. The third kappa shape index (κ3) is 4.59. The molecular weight excluding hydrogens is 248 g/mol. The summed E-state index contributed by atoms with van der Waals surface area (Å²) in [5.41, 5.74) is 5.85. The number of ether oxygens (including phenoxy) is 1. The van der Waals surface area contributed by atoms with E-state index in [0.717, 1.165) is 0 Å². The number of aliphatic hydroxyl groups is 1. The molecule has 4 N–H and O–H groups in total. The molecule has 1 aromatic carbocycles. The minimum absolute atomic E-state index is 0.182. The van der Waals surface area contributed by atoms with Gasteiger partial charge in [-0.25, -0.2) is 0 Å². The summed E-state index contributed by atoms with van der Waals surface area (Å²) in [7, 11) is 1.46. The van der Waals surface area contributed by atoms with Gasteiger partial charge < -0.3 is 20.9 Å². The van der Waals surface area contributed by atoms with Crippen molar-refractivity contribution in [1.29, 1.82) is 0 Å². The fourth-order valence-electron chi connectivity index (χ4n) is 1.51. The maximum atomic E-state index is 11.7. The zero-order valence-corrected chi connectivity index (χ0v) is 11.0. The Bertz CT molecular complexity index is 472. The van der Waals surface area contributed by atoms with E-state index in [9.17, 15) is 9.59 Å². The molecule has 0 radical (unpaired) electrons. The number of nitrogens with one attached hydrogen (secondary N) is 1. The van der Waals surface area contributed by atoms with Gasteiger partial charge in [0.25, 0.3) is 0 Å². The van der Waals surface area contributed by atoms with Crippen molar-refractivity contribution in [3.8, 4) is 5.75 Å². The van der Waals surface area contributed by atoms with Gasteiger partial charge >= 0.3 is 0 Å². The highest BCUT2D eigenvalue weighted by molar-refractivity contribution is 5.97. The summed E-state index contributed by atoms with van der Waals surface area (Å²) in [6, 6.07) is 4.54. The smallest absolute Gasteiger partial charge is 0.248 e. The lowest BCUT2D eigenvalue weighted by Crippen LogP contribution is -2.16. The van der Waals surface area contributed by atoms with E-state index in [2.05, 4.69) is 5.32 Å². The van der Waals surface area contributed by atoms with Crippen molar-refractivity contribution in [3.05, 3.63) is 23.8 Å². The summed E-state index contributed by atoms with van der Waals surface area (Å²) in [6.45, 7) is 1.61. The van der Waals surface area contributed by atoms with Crippen LogP contribution in [-0.4, -0.2) is 30.1 Å². The number of carbonyl (C=O) groups excluding carboxylic acids is 2. The molecule has 0 bridgehead atoms. The average molecular weight is 266 g/mol. The molecule has 1 unspecified atom stereocenters. The number of hydrogen-bond donors (Lipinski definition) is 3. The highest BCUT2D eigenvalue weighted by Crippen LogP contribution is 2.25. The van der Waals surface area contributed by atoms with Gasteiger partial charge in [-0.2, -0.15) is 0 Å². The zero-order valence-electron chi connectivity index (χ0n) is 11.0. The second-order valence-corrected chi connectivity index (χ2v) is 4.22. The van der Waals surface area contributed by atoms with Gasteiger partial charge in [-0.3, -0.25) is 9.59 Å². The Labute approximate surface area is 111 Å². The molecule has 0 spiro atoms. The maximum Gasteiger partial charge on any atom is 0.248 e. The lowest BCUT2D eigenvalue weighted by atomic mass is 10.1. The molecular formula is C13H18N2O4. The Balaban J connectivity index is 2.82. The summed E-state index contributed by atoms with van der Waals surface area (Å²) in [4.78, 5) is 22.8. The van der Waals surface area contributed by atoms with Crippen molar-refractivity contribution in [3.63, 3.8) is 0 Å². The Hall–Kier alpha value is -2.08. The molecule has 104 valence electrons. The molecule has 0 aliphatic heterocycles. The molecule has 6 heteroatoms. The first-order valence-electron chi connectivity index (χ1n) is 5.89. The number of benzene rings is 1. The zero-order chi connectivity index (χ0) is 14.4. The van der Waals surface area contributed by atoms with Crippen molar-refractivity contribution in [1.82, 2.24) is 0 Å². The summed E-state index contributed by atoms with van der Waals surface area (Å²) in [6.07, 6.45) is 0.00950. The lowest BCUT2D eigenvalue weighted by Gasteiger charge is -2.11. The molecule has 0 aliphatic carbocycles. The van der Waals surface area contributed by atoms with Gasteiger partial charge in [-0.15, -0.1) is 0 Å². The number of nitrogens with two attached hydrogens (primary N) is 1. The van der Waals surface area contributed by atoms with Crippen LogP contribution in [-0.2, 0) is 4.79 Å². The first kappa shape index (κ1) is 15.0. The van der Waals surface area contributed by atoms with Crippen LogP contribution >= 0.6 is 0 Å². The van der Waals surface area contributed by atoms with Crippen LogP contribution in [0.1, 0.15) is 30.1 Å². The normalized spacial score (nSPS) is 11.7. The monoisotopic (exact) mass is 266 g/mol. The predicted octanol–water partition coefficient (Wildman–Crippen LogP) is 0.894. The Kier molecular flexibility index (Phi) is 5.32. The van der Waals surface area contributed by atoms with E-state index in [1.54, 1.807) is 13.0 Å². The molecule has 1 aromatic rings. The van der Waals surface area contributed by atoms with Gasteiger partial charge in [-0.1, -0.05) is 0 Å². The third-order valence-corrected chi connectivity index (χ3v) is 2.55. The van der Waals surface area contributed by atoms with Crippen LogP contribution in [0.2, 0.25) is 0 Å². The van der Waals surface area contributed by atoms with Crippen LogP contribution in [0.4, 0.5) is 5.69 Å². The van der Waals surface area contributed by atoms with E-state index in [1.165, 1.54) is 19.2 Å². The molecule has 0 fully saturated rings. The van der Waals surface area contributed by atoms with Gasteiger partial charge in [-0.05, 0) is 31.5 Å².